The lowest BCUT2D eigenvalue weighted by atomic mass is 10.2. The SMILES string of the molecule is CCCNC(=O)c1cnc(Cl)c(Br)c1. The van der Waals surface area contributed by atoms with E-state index in [9.17, 15) is 4.79 Å². The van der Waals surface area contributed by atoms with E-state index < -0.39 is 0 Å². The van der Waals surface area contributed by atoms with Gasteiger partial charge in [0.2, 0.25) is 0 Å². The van der Waals surface area contributed by atoms with Gasteiger partial charge in [0.15, 0.2) is 0 Å². The summed E-state index contributed by atoms with van der Waals surface area (Å²) in [6.45, 7) is 2.66. The zero-order valence-electron chi connectivity index (χ0n) is 7.68. The van der Waals surface area contributed by atoms with Crippen molar-refractivity contribution in [2.24, 2.45) is 0 Å². The number of halogens is 2. The van der Waals surface area contributed by atoms with Gasteiger partial charge in [-0.15, -0.1) is 0 Å². The summed E-state index contributed by atoms with van der Waals surface area (Å²) >= 11 is 8.91. The summed E-state index contributed by atoms with van der Waals surface area (Å²) in [4.78, 5) is 15.3. The van der Waals surface area contributed by atoms with Gasteiger partial charge in [-0.05, 0) is 28.4 Å². The van der Waals surface area contributed by atoms with Crippen LogP contribution in [-0.4, -0.2) is 17.4 Å². The van der Waals surface area contributed by atoms with Crippen LogP contribution < -0.4 is 5.32 Å². The Morgan fingerprint density at radius 1 is 1.71 bits per heavy atom. The van der Waals surface area contributed by atoms with Crippen LogP contribution in [-0.2, 0) is 0 Å². The van der Waals surface area contributed by atoms with E-state index in [-0.39, 0.29) is 5.91 Å². The van der Waals surface area contributed by atoms with E-state index in [1.807, 2.05) is 6.92 Å². The molecule has 0 saturated heterocycles. The van der Waals surface area contributed by atoms with Gasteiger partial charge in [0.25, 0.3) is 5.91 Å². The minimum atomic E-state index is -0.128. The number of nitrogens with one attached hydrogen (secondary N) is 1. The van der Waals surface area contributed by atoms with Crippen molar-refractivity contribution in [2.45, 2.75) is 13.3 Å². The smallest absolute Gasteiger partial charge is 0.252 e. The standard InChI is InChI=1S/C9H10BrClN2O/c1-2-3-12-9(14)6-4-7(10)8(11)13-5-6/h4-5H,2-3H2,1H3,(H,12,14). The van der Waals surface area contributed by atoms with Gasteiger partial charge in [0, 0.05) is 12.7 Å². The molecule has 0 fully saturated rings. The van der Waals surface area contributed by atoms with Crippen LogP contribution >= 0.6 is 27.5 Å². The molecule has 0 unspecified atom stereocenters. The van der Waals surface area contributed by atoms with Crippen LogP contribution in [0.5, 0.6) is 0 Å². The maximum Gasteiger partial charge on any atom is 0.252 e. The largest absolute Gasteiger partial charge is 0.352 e. The molecule has 0 saturated carbocycles. The normalized spacial score (nSPS) is 9.93. The predicted molar refractivity (Wildman–Crippen MR) is 59.6 cm³/mol. The molecule has 1 heterocycles. The zero-order chi connectivity index (χ0) is 10.6. The summed E-state index contributed by atoms with van der Waals surface area (Å²) in [5.41, 5.74) is 0.509. The molecule has 0 bridgehead atoms. The lowest BCUT2D eigenvalue weighted by Gasteiger charge is -2.03. The Hall–Kier alpha value is -0.610. The first kappa shape index (κ1) is 11.5. The molecule has 3 nitrogen and oxygen atoms in total. The van der Waals surface area contributed by atoms with E-state index in [0.717, 1.165) is 6.42 Å². The lowest BCUT2D eigenvalue weighted by molar-refractivity contribution is 0.0953. The second kappa shape index (κ2) is 5.32. The number of aromatic nitrogens is 1. The van der Waals surface area contributed by atoms with Crippen molar-refractivity contribution in [3.63, 3.8) is 0 Å². The van der Waals surface area contributed by atoms with Gasteiger partial charge in [0.1, 0.15) is 5.15 Å². The van der Waals surface area contributed by atoms with Gasteiger partial charge in [-0.1, -0.05) is 18.5 Å². The molecule has 1 aromatic heterocycles. The fraction of sp³-hybridized carbons (Fsp3) is 0.333. The van der Waals surface area contributed by atoms with E-state index in [1.54, 1.807) is 6.07 Å². The third-order valence-corrected chi connectivity index (χ3v) is 2.73. The lowest BCUT2D eigenvalue weighted by Crippen LogP contribution is -2.24. The summed E-state index contributed by atoms with van der Waals surface area (Å²) in [7, 11) is 0. The average Bonchev–Trinajstić information content (AvgIpc) is 2.18. The molecular weight excluding hydrogens is 267 g/mol. The molecule has 0 aromatic carbocycles. The summed E-state index contributed by atoms with van der Waals surface area (Å²) in [6, 6.07) is 1.65. The molecule has 0 aliphatic rings. The summed E-state index contributed by atoms with van der Waals surface area (Å²) < 4.78 is 0.628. The van der Waals surface area contributed by atoms with Crippen molar-refractivity contribution in [1.29, 1.82) is 0 Å². The second-order valence-electron chi connectivity index (χ2n) is 2.75. The van der Waals surface area contributed by atoms with Gasteiger partial charge in [0.05, 0.1) is 10.0 Å². The third-order valence-electron chi connectivity index (χ3n) is 1.59. The number of hydrogen-bond acceptors (Lipinski definition) is 2. The molecule has 1 aromatic rings. The number of pyridine rings is 1. The minimum absolute atomic E-state index is 0.128. The number of hydrogen-bond donors (Lipinski definition) is 1. The van der Waals surface area contributed by atoms with Gasteiger partial charge >= 0.3 is 0 Å². The van der Waals surface area contributed by atoms with Gasteiger partial charge in [-0.25, -0.2) is 4.98 Å². The zero-order valence-corrected chi connectivity index (χ0v) is 10.0. The van der Waals surface area contributed by atoms with Crippen LogP contribution in [0.2, 0.25) is 5.15 Å². The predicted octanol–water partition coefficient (Wildman–Crippen LogP) is 2.64. The number of carbonyl (C=O) groups excluding carboxylic acids is 1. The van der Waals surface area contributed by atoms with Crippen LogP contribution in [0.4, 0.5) is 0 Å². The van der Waals surface area contributed by atoms with E-state index >= 15 is 0 Å². The topological polar surface area (TPSA) is 42.0 Å². The summed E-state index contributed by atoms with van der Waals surface area (Å²) in [6.07, 6.45) is 2.37. The molecule has 14 heavy (non-hydrogen) atoms. The summed E-state index contributed by atoms with van der Waals surface area (Å²) in [5, 5.41) is 3.11. The third kappa shape index (κ3) is 2.96. The molecule has 0 radical (unpaired) electrons. The first-order valence-electron chi connectivity index (χ1n) is 4.24. The Bertz CT molecular complexity index is 344. The Kier molecular flexibility index (Phi) is 4.35. The highest BCUT2D eigenvalue weighted by atomic mass is 79.9. The highest BCUT2D eigenvalue weighted by Crippen LogP contribution is 2.20. The molecule has 5 heteroatoms. The number of carbonyl (C=O) groups is 1. The average molecular weight is 278 g/mol. The highest BCUT2D eigenvalue weighted by molar-refractivity contribution is 9.10. The molecule has 76 valence electrons. The number of nitrogens with zero attached hydrogens (tertiary/aromatic N) is 1. The maximum atomic E-state index is 11.5. The molecule has 0 atom stereocenters. The fourth-order valence-electron chi connectivity index (χ4n) is 0.886. The second-order valence-corrected chi connectivity index (χ2v) is 3.96. The van der Waals surface area contributed by atoms with Gasteiger partial charge in [-0.2, -0.15) is 0 Å². The van der Waals surface area contributed by atoms with E-state index in [1.165, 1.54) is 6.20 Å². The monoisotopic (exact) mass is 276 g/mol. The van der Waals surface area contributed by atoms with Crippen LogP contribution in [0.3, 0.4) is 0 Å². The van der Waals surface area contributed by atoms with E-state index in [2.05, 4.69) is 26.2 Å². The Labute approximate surface area is 96.0 Å². The van der Waals surface area contributed by atoms with Crippen LogP contribution in [0.15, 0.2) is 16.7 Å². The first-order valence-corrected chi connectivity index (χ1v) is 5.41. The van der Waals surface area contributed by atoms with Crippen molar-refractivity contribution >= 4 is 33.4 Å². The molecule has 1 N–H and O–H groups in total. The Morgan fingerprint density at radius 2 is 2.43 bits per heavy atom. The van der Waals surface area contributed by atoms with Crippen LogP contribution in [0.1, 0.15) is 23.7 Å². The van der Waals surface area contributed by atoms with Gasteiger partial charge in [-0.3, -0.25) is 4.79 Å². The molecule has 1 rings (SSSR count). The maximum absolute atomic E-state index is 11.5. The Morgan fingerprint density at radius 3 is 3.00 bits per heavy atom. The minimum Gasteiger partial charge on any atom is -0.352 e. The highest BCUT2D eigenvalue weighted by Gasteiger charge is 2.07. The van der Waals surface area contributed by atoms with Crippen LogP contribution in [0.25, 0.3) is 0 Å². The van der Waals surface area contributed by atoms with Crippen molar-refractivity contribution < 1.29 is 4.79 Å². The molecular formula is C9H10BrClN2O. The van der Waals surface area contributed by atoms with E-state index in [0.29, 0.717) is 21.7 Å². The molecule has 0 aliphatic heterocycles. The van der Waals surface area contributed by atoms with Crippen molar-refractivity contribution in [3.8, 4) is 0 Å². The van der Waals surface area contributed by atoms with Crippen molar-refractivity contribution in [2.75, 3.05) is 6.54 Å². The molecule has 1 amide bonds. The first-order chi connectivity index (χ1) is 6.65. The van der Waals surface area contributed by atoms with Gasteiger partial charge < -0.3 is 5.32 Å². The fourth-order valence-corrected chi connectivity index (χ4v) is 1.34. The van der Waals surface area contributed by atoms with Crippen molar-refractivity contribution in [3.05, 3.63) is 27.5 Å². The van der Waals surface area contributed by atoms with Crippen LogP contribution in [0, 0.1) is 0 Å². The molecule has 0 aliphatic carbocycles. The quantitative estimate of drug-likeness (QED) is 0.863. The molecule has 0 spiro atoms. The Balaban J connectivity index is 2.76. The number of rotatable bonds is 3. The van der Waals surface area contributed by atoms with Crippen molar-refractivity contribution in [1.82, 2.24) is 10.3 Å². The summed E-state index contributed by atoms with van der Waals surface area (Å²) in [5.74, 6) is -0.128. The van der Waals surface area contributed by atoms with E-state index in [4.69, 9.17) is 11.6 Å². The number of amides is 1.